The molecule has 102 valence electrons. The van der Waals surface area contributed by atoms with E-state index >= 15 is 0 Å². The van der Waals surface area contributed by atoms with Crippen molar-refractivity contribution in [3.05, 3.63) is 24.2 Å². The molecule has 0 spiro atoms. The molecular weight excluding hydrogens is 242 g/mol. The Morgan fingerprint density at radius 2 is 2.53 bits per heavy atom. The monoisotopic (exact) mass is 261 g/mol. The Morgan fingerprint density at radius 1 is 1.63 bits per heavy atom. The minimum absolute atomic E-state index is 0.0889. The van der Waals surface area contributed by atoms with Gasteiger partial charge in [0.25, 0.3) is 0 Å². The number of carbonyl (C=O) groups excluding carboxylic acids is 1. The number of rotatable bonds is 6. The number of nitriles is 1. The Hall–Kier alpha value is -1.80. The third kappa shape index (κ3) is 4.11. The lowest BCUT2D eigenvalue weighted by Crippen LogP contribution is -2.36. The Bertz CT molecular complexity index is 430. The van der Waals surface area contributed by atoms with E-state index in [4.69, 9.17) is 9.68 Å². The van der Waals surface area contributed by atoms with Crippen molar-refractivity contribution in [2.24, 2.45) is 0 Å². The fraction of sp³-hybridized carbons (Fsp3) is 0.571. The number of carbonyl (C=O) groups is 1. The number of nitrogens with one attached hydrogen (secondary N) is 1. The molecule has 1 amide bonds. The van der Waals surface area contributed by atoms with Crippen molar-refractivity contribution >= 4 is 5.91 Å². The zero-order valence-electron chi connectivity index (χ0n) is 11.0. The number of amides is 1. The molecule has 1 unspecified atom stereocenters. The summed E-state index contributed by atoms with van der Waals surface area (Å²) in [6, 6.07) is 6.03. The molecule has 1 aliphatic rings. The zero-order chi connectivity index (χ0) is 13.5. The topological polar surface area (TPSA) is 69.3 Å². The normalized spacial score (nSPS) is 18.2. The fourth-order valence-corrected chi connectivity index (χ4v) is 2.34. The lowest BCUT2D eigenvalue weighted by atomic mass is 10.1. The summed E-state index contributed by atoms with van der Waals surface area (Å²) in [4.78, 5) is 14.0. The van der Waals surface area contributed by atoms with E-state index in [1.54, 1.807) is 17.2 Å². The summed E-state index contributed by atoms with van der Waals surface area (Å²) in [5, 5.41) is 12.0. The van der Waals surface area contributed by atoms with Crippen LogP contribution in [0.5, 0.6) is 0 Å². The summed E-state index contributed by atoms with van der Waals surface area (Å²) in [5.74, 6) is 0.844. The van der Waals surface area contributed by atoms with Crippen LogP contribution in [0.4, 0.5) is 0 Å². The second kappa shape index (κ2) is 6.95. The van der Waals surface area contributed by atoms with Crippen LogP contribution in [-0.4, -0.2) is 29.9 Å². The van der Waals surface area contributed by atoms with E-state index in [1.165, 1.54) is 0 Å². The van der Waals surface area contributed by atoms with Crippen LogP contribution in [0.3, 0.4) is 0 Å². The van der Waals surface area contributed by atoms with Gasteiger partial charge in [-0.25, -0.2) is 0 Å². The Balaban J connectivity index is 1.91. The van der Waals surface area contributed by atoms with E-state index in [1.807, 2.05) is 6.07 Å². The van der Waals surface area contributed by atoms with Crippen molar-refractivity contribution in [1.82, 2.24) is 10.2 Å². The van der Waals surface area contributed by atoms with Crippen molar-refractivity contribution in [2.45, 2.75) is 38.3 Å². The van der Waals surface area contributed by atoms with Gasteiger partial charge >= 0.3 is 0 Å². The second-order valence-corrected chi connectivity index (χ2v) is 4.80. The van der Waals surface area contributed by atoms with Gasteiger partial charge in [0.1, 0.15) is 5.76 Å². The summed E-state index contributed by atoms with van der Waals surface area (Å²) < 4.78 is 5.27. The molecule has 2 heterocycles. The summed E-state index contributed by atoms with van der Waals surface area (Å²) in [5.41, 5.74) is 0. The molecule has 19 heavy (non-hydrogen) atoms. The first-order valence-corrected chi connectivity index (χ1v) is 6.70. The van der Waals surface area contributed by atoms with Gasteiger partial charge in [0, 0.05) is 19.0 Å². The van der Waals surface area contributed by atoms with Crippen LogP contribution in [0.2, 0.25) is 0 Å². The van der Waals surface area contributed by atoms with E-state index in [-0.39, 0.29) is 11.9 Å². The fourth-order valence-electron chi connectivity index (χ4n) is 2.34. The van der Waals surface area contributed by atoms with Gasteiger partial charge in [-0.3, -0.25) is 4.79 Å². The molecule has 1 saturated heterocycles. The maximum absolute atomic E-state index is 12.3. The van der Waals surface area contributed by atoms with Gasteiger partial charge in [-0.1, -0.05) is 0 Å². The smallest absolute Gasteiger partial charge is 0.224 e. The molecule has 0 bridgehead atoms. The summed E-state index contributed by atoms with van der Waals surface area (Å²) >= 11 is 0. The highest BCUT2D eigenvalue weighted by Crippen LogP contribution is 2.13. The molecule has 0 aliphatic carbocycles. The molecule has 0 aromatic carbocycles. The minimum Gasteiger partial charge on any atom is -0.467 e. The second-order valence-electron chi connectivity index (χ2n) is 4.80. The highest BCUT2D eigenvalue weighted by molar-refractivity contribution is 5.76. The number of nitrogens with zero attached hydrogens (tertiary/aromatic N) is 2. The van der Waals surface area contributed by atoms with Gasteiger partial charge in [-0.05, 0) is 31.5 Å². The molecule has 1 N–H and O–H groups in total. The molecule has 2 rings (SSSR count). The lowest BCUT2D eigenvalue weighted by Gasteiger charge is -2.22. The molecule has 1 aromatic heterocycles. The van der Waals surface area contributed by atoms with Crippen LogP contribution in [0.1, 0.15) is 31.4 Å². The van der Waals surface area contributed by atoms with Crippen molar-refractivity contribution in [3.63, 3.8) is 0 Å². The predicted octanol–water partition coefficient (Wildman–Crippen LogP) is 1.66. The van der Waals surface area contributed by atoms with Gasteiger partial charge in [-0.15, -0.1) is 0 Å². The van der Waals surface area contributed by atoms with E-state index < -0.39 is 0 Å². The molecule has 0 radical (unpaired) electrons. The Labute approximate surface area is 113 Å². The van der Waals surface area contributed by atoms with E-state index in [2.05, 4.69) is 11.4 Å². The third-order valence-corrected chi connectivity index (χ3v) is 3.36. The highest BCUT2D eigenvalue weighted by Gasteiger charge is 2.22. The number of hydrogen-bond acceptors (Lipinski definition) is 4. The van der Waals surface area contributed by atoms with Crippen LogP contribution in [0.25, 0.3) is 0 Å². The molecule has 1 fully saturated rings. The molecular formula is C14H19N3O2. The maximum atomic E-state index is 12.3. The van der Waals surface area contributed by atoms with Gasteiger partial charge in [0.05, 0.1) is 25.3 Å². The van der Waals surface area contributed by atoms with Crippen LogP contribution < -0.4 is 5.32 Å². The molecule has 1 aliphatic heterocycles. The van der Waals surface area contributed by atoms with E-state index in [0.29, 0.717) is 25.9 Å². The third-order valence-electron chi connectivity index (χ3n) is 3.36. The summed E-state index contributed by atoms with van der Waals surface area (Å²) in [6.45, 7) is 1.90. The van der Waals surface area contributed by atoms with Gasteiger partial charge in [-0.2, -0.15) is 5.26 Å². The van der Waals surface area contributed by atoms with Crippen LogP contribution in [0.15, 0.2) is 22.8 Å². The molecule has 5 heteroatoms. The van der Waals surface area contributed by atoms with Crippen LogP contribution in [-0.2, 0) is 11.3 Å². The summed E-state index contributed by atoms with van der Waals surface area (Å²) in [6.07, 6.45) is 4.64. The average Bonchev–Trinajstić information content (AvgIpc) is 3.07. The summed E-state index contributed by atoms with van der Waals surface area (Å²) in [7, 11) is 0. The first-order chi connectivity index (χ1) is 9.29. The first-order valence-electron chi connectivity index (χ1n) is 6.70. The zero-order valence-corrected chi connectivity index (χ0v) is 11.0. The van der Waals surface area contributed by atoms with Crippen molar-refractivity contribution in [2.75, 3.05) is 13.1 Å². The molecule has 1 aromatic rings. The molecule has 1 atom stereocenters. The molecule has 0 saturated carbocycles. The Morgan fingerprint density at radius 3 is 3.16 bits per heavy atom. The largest absolute Gasteiger partial charge is 0.467 e. The van der Waals surface area contributed by atoms with E-state index in [0.717, 1.165) is 25.1 Å². The van der Waals surface area contributed by atoms with Gasteiger partial charge in [0.2, 0.25) is 5.91 Å². The van der Waals surface area contributed by atoms with E-state index in [9.17, 15) is 4.79 Å². The predicted molar refractivity (Wildman–Crippen MR) is 70.0 cm³/mol. The minimum atomic E-state index is 0.0889. The SMILES string of the molecule is N#CCCN(Cc1ccco1)C(=O)CC1CCCN1. The quantitative estimate of drug-likeness (QED) is 0.845. The average molecular weight is 261 g/mol. The maximum Gasteiger partial charge on any atom is 0.224 e. The molecule has 5 nitrogen and oxygen atoms in total. The number of hydrogen-bond donors (Lipinski definition) is 1. The van der Waals surface area contributed by atoms with Crippen LogP contribution in [0, 0.1) is 11.3 Å². The van der Waals surface area contributed by atoms with Crippen molar-refractivity contribution in [3.8, 4) is 6.07 Å². The Kier molecular flexibility index (Phi) is 4.99. The van der Waals surface area contributed by atoms with Crippen molar-refractivity contribution < 1.29 is 9.21 Å². The van der Waals surface area contributed by atoms with Crippen LogP contribution >= 0.6 is 0 Å². The van der Waals surface area contributed by atoms with Gasteiger partial charge in [0.15, 0.2) is 0 Å². The standard InChI is InChI=1S/C14H19N3O2/c15-6-3-8-17(11-13-5-2-9-19-13)14(18)10-12-4-1-7-16-12/h2,5,9,12,16H,1,3-4,7-8,10-11H2. The highest BCUT2D eigenvalue weighted by atomic mass is 16.3. The number of furan rings is 1. The van der Waals surface area contributed by atoms with Gasteiger partial charge < -0.3 is 14.6 Å². The van der Waals surface area contributed by atoms with Crippen molar-refractivity contribution in [1.29, 1.82) is 5.26 Å². The first kappa shape index (κ1) is 13.6. The lowest BCUT2D eigenvalue weighted by molar-refractivity contribution is -0.132.